The quantitative estimate of drug-likeness (QED) is 0.201. The van der Waals surface area contributed by atoms with Crippen molar-refractivity contribution in [2.45, 2.75) is 0 Å². The van der Waals surface area contributed by atoms with Crippen LogP contribution in [0.5, 0.6) is 0 Å². The predicted molar refractivity (Wildman–Crippen MR) is 41.9 cm³/mol. The van der Waals surface area contributed by atoms with E-state index in [-0.39, 0.29) is 29.6 Å². The van der Waals surface area contributed by atoms with Crippen LogP contribution in [0, 0.1) is 0 Å². The zero-order chi connectivity index (χ0) is 8.69. The topological polar surface area (TPSA) is 83.2 Å². The maximum absolute atomic E-state index is 8.48. The molecule has 0 heterocycles. The molecule has 0 aliphatic heterocycles. The number of hydrogen-bond donors (Lipinski definition) is 2. The first kappa shape index (κ1) is 14.5. The SMILES string of the molecule is Nc1ccccc1.O=[SH](=O)[O-].[Na+]. The van der Waals surface area contributed by atoms with Crippen molar-refractivity contribution in [3.05, 3.63) is 30.3 Å². The van der Waals surface area contributed by atoms with Crippen LogP contribution >= 0.6 is 0 Å². The molecule has 0 unspecified atom stereocenters. The Bertz CT molecular complexity index is 255. The third-order valence-electron chi connectivity index (χ3n) is 0.800. The summed E-state index contributed by atoms with van der Waals surface area (Å²) < 4.78 is 25.4. The fraction of sp³-hybridized carbons (Fsp3) is 0. The van der Waals surface area contributed by atoms with E-state index in [0.29, 0.717) is 0 Å². The van der Waals surface area contributed by atoms with E-state index in [0.717, 1.165) is 5.69 Å². The van der Waals surface area contributed by atoms with Gasteiger partial charge in [0.05, 0.1) is 11.0 Å². The second-order valence-electron chi connectivity index (χ2n) is 1.63. The summed E-state index contributed by atoms with van der Waals surface area (Å²) in [7, 11) is -3.37. The smallest absolute Gasteiger partial charge is 0.750 e. The van der Waals surface area contributed by atoms with Crippen LogP contribution in [0.4, 0.5) is 5.69 Å². The van der Waals surface area contributed by atoms with Crippen molar-refractivity contribution < 1.29 is 42.5 Å². The summed E-state index contributed by atoms with van der Waals surface area (Å²) in [6.45, 7) is 0. The van der Waals surface area contributed by atoms with Crippen LogP contribution in [0.15, 0.2) is 30.3 Å². The van der Waals surface area contributed by atoms with Gasteiger partial charge in [-0.05, 0) is 12.1 Å². The van der Waals surface area contributed by atoms with Gasteiger partial charge in [-0.15, -0.1) is 0 Å². The van der Waals surface area contributed by atoms with Crippen molar-refractivity contribution in [2.75, 3.05) is 5.73 Å². The Morgan fingerprint density at radius 3 is 1.67 bits per heavy atom. The van der Waals surface area contributed by atoms with Gasteiger partial charge in [0.1, 0.15) is 0 Å². The molecule has 0 aromatic heterocycles. The molecule has 1 aromatic carbocycles. The molecule has 1 aromatic rings. The zero-order valence-electron chi connectivity index (χ0n) is 6.64. The largest absolute Gasteiger partial charge is 1.00 e. The molecule has 2 N–H and O–H groups in total. The Balaban J connectivity index is 0. The molecule has 0 radical (unpaired) electrons. The van der Waals surface area contributed by atoms with Crippen molar-refractivity contribution in [3.63, 3.8) is 0 Å². The number of anilines is 1. The van der Waals surface area contributed by atoms with E-state index in [2.05, 4.69) is 0 Å². The van der Waals surface area contributed by atoms with Crippen LogP contribution in [0.3, 0.4) is 0 Å². The number of thiol groups is 1. The first-order valence-corrected chi connectivity index (χ1v) is 3.84. The van der Waals surface area contributed by atoms with Gasteiger partial charge in [0, 0.05) is 5.69 Å². The van der Waals surface area contributed by atoms with E-state index in [4.69, 9.17) is 18.7 Å². The second-order valence-corrected chi connectivity index (χ2v) is 2.08. The number of nitrogens with two attached hydrogens (primary N) is 1. The van der Waals surface area contributed by atoms with E-state index in [1.54, 1.807) is 0 Å². The van der Waals surface area contributed by atoms with E-state index < -0.39 is 11.0 Å². The third-order valence-corrected chi connectivity index (χ3v) is 0.800. The molecule has 0 saturated heterocycles. The van der Waals surface area contributed by atoms with Gasteiger partial charge in [-0.1, -0.05) is 18.2 Å². The molecule has 0 amide bonds. The maximum Gasteiger partial charge on any atom is 1.00 e. The minimum Gasteiger partial charge on any atom is -0.750 e. The Kier molecular flexibility index (Phi) is 10.9. The normalized spacial score (nSPS) is 7.83. The summed E-state index contributed by atoms with van der Waals surface area (Å²) >= 11 is 0. The van der Waals surface area contributed by atoms with Crippen LogP contribution < -0.4 is 35.3 Å². The summed E-state index contributed by atoms with van der Waals surface area (Å²) in [5, 5.41) is 0. The molecule has 4 nitrogen and oxygen atoms in total. The van der Waals surface area contributed by atoms with Crippen LogP contribution in [-0.4, -0.2) is 13.0 Å². The van der Waals surface area contributed by atoms with Crippen LogP contribution in [-0.2, 0) is 11.0 Å². The summed E-state index contributed by atoms with van der Waals surface area (Å²) in [5.41, 5.74) is 6.18. The number of hydrogen-bond acceptors (Lipinski definition) is 4. The summed E-state index contributed by atoms with van der Waals surface area (Å²) in [4.78, 5) is 0. The molecule has 12 heavy (non-hydrogen) atoms. The summed E-state index contributed by atoms with van der Waals surface area (Å²) in [5.74, 6) is 0. The van der Waals surface area contributed by atoms with Crippen molar-refractivity contribution in [2.24, 2.45) is 0 Å². The second kappa shape index (κ2) is 9.02. The molecule has 0 aliphatic rings. The molecule has 62 valence electrons. The molecule has 0 spiro atoms. The molecule has 0 atom stereocenters. The van der Waals surface area contributed by atoms with Gasteiger partial charge in [0.25, 0.3) is 0 Å². The van der Waals surface area contributed by atoms with Crippen LogP contribution in [0.2, 0.25) is 0 Å². The van der Waals surface area contributed by atoms with Crippen LogP contribution in [0.1, 0.15) is 0 Å². The van der Waals surface area contributed by atoms with E-state index in [1.165, 1.54) is 0 Å². The molecule has 1 rings (SSSR count). The number of rotatable bonds is 0. The van der Waals surface area contributed by atoms with Gasteiger partial charge in [0.15, 0.2) is 0 Å². The minimum atomic E-state index is -3.37. The third kappa shape index (κ3) is 12.6. The molecular formula is C6H8NNaO3S. The van der Waals surface area contributed by atoms with E-state index in [9.17, 15) is 0 Å². The fourth-order valence-electron chi connectivity index (χ4n) is 0.453. The van der Waals surface area contributed by atoms with E-state index in [1.807, 2.05) is 30.3 Å². The molecule has 0 aliphatic carbocycles. The fourth-order valence-corrected chi connectivity index (χ4v) is 0.453. The predicted octanol–water partition coefficient (Wildman–Crippen LogP) is -3.00. The first-order valence-electron chi connectivity index (χ1n) is 2.75. The molecule has 0 fully saturated rings. The van der Waals surface area contributed by atoms with Crippen molar-refractivity contribution in [1.82, 2.24) is 0 Å². The average molecular weight is 197 g/mol. The Labute approximate surface area is 94.9 Å². The van der Waals surface area contributed by atoms with Crippen molar-refractivity contribution in [1.29, 1.82) is 0 Å². The molecular weight excluding hydrogens is 189 g/mol. The Hall–Kier alpha value is -0.0700. The Morgan fingerprint density at radius 1 is 1.17 bits per heavy atom. The number of nitrogen functional groups attached to an aromatic ring is 1. The standard InChI is InChI=1S/C6H7N.Na.H2O3S/c7-6-4-2-1-3-5-6;;1-4(2)3/h1-5H,7H2;;4H,(H,1,2,3)/q;+1;/p-1. The van der Waals surface area contributed by atoms with Crippen molar-refractivity contribution >= 4 is 16.7 Å². The first-order chi connectivity index (χ1) is 5.13. The number of benzene rings is 1. The Morgan fingerprint density at radius 2 is 1.50 bits per heavy atom. The van der Waals surface area contributed by atoms with Gasteiger partial charge in [-0.3, -0.25) is 0 Å². The summed E-state index contributed by atoms with van der Waals surface area (Å²) in [6.07, 6.45) is 0. The number of para-hydroxylation sites is 1. The average Bonchev–Trinajstić information content (AvgIpc) is 1.87. The minimum absolute atomic E-state index is 0. The van der Waals surface area contributed by atoms with Crippen molar-refractivity contribution in [3.8, 4) is 0 Å². The monoisotopic (exact) mass is 197 g/mol. The molecule has 6 heteroatoms. The van der Waals surface area contributed by atoms with Gasteiger partial charge < -0.3 is 10.3 Å². The van der Waals surface area contributed by atoms with Crippen LogP contribution in [0.25, 0.3) is 0 Å². The molecule has 0 saturated carbocycles. The van der Waals surface area contributed by atoms with Gasteiger partial charge in [-0.25, -0.2) is 8.42 Å². The van der Waals surface area contributed by atoms with Gasteiger partial charge >= 0.3 is 29.6 Å². The zero-order valence-corrected chi connectivity index (χ0v) is 9.53. The maximum atomic E-state index is 8.48. The summed E-state index contributed by atoms with van der Waals surface area (Å²) in [6, 6.07) is 9.49. The van der Waals surface area contributed by atoms with Gasteiger partial charge in [-0.2, -0.15) is 0 Å². The van der Waals surface area contributed by atoms with Gasteiger partial charge in [0.2, 0.25) is 0 Å². The van der Waals surface area contributed by atoms with E-state index >= 15 is 0 Å². The molecule has 0 bridgehead atoms.